The van der Waals surface area contributed by atoms with Crippen LogP contribution in [0.4, 0.5) is 4.79 Å². The maximum atomic E-state index is 12.4. The van der Waals surface area contributed by atoms with Crippen molar-refractivity contribution in [3.63, 3.8) is 0 Å². The van der Waals surface area contributed by atoms with Gasteiger partial charge < -0.3 is 10.2 Å². The Morgan fingerprint density at radius 2 is 2.05 bits per heavy atom. The zero-order valence-corrected chi connectivity index (χ0v) is 12.8. The summed E-state index contributed by atoms with van der Waals surface area (Å²) in [4.78, 5) is 16.7. The molecule has 2 fully saturated rings. The summed E-state index contributed by atoms with van der Waals surface area (Å²) in [6.45, 7) is 3.00. The number of hydrogen-bond acceptors (Lipinski definition) is 2. The molecule has 0 aromatic heterocycles. The van der Waals surface area contributed by atoms with Crippen molar-refractivity contribution in [2.75, 3.05) is 20.1 Å². The Kier molecular flexibility index (Phi) is 4.44. The van der Waals surface area contributed by atoms with E-state index in [-0.39, 0.29) is 6.03 Å². The van der Waals surface area contributed by atoms with Gasteiger partial charge in [0.2, 0.25) is 0 Å². The first-order valence-corrected chi connectivity index (χ1v) is 8.03. The monoisotopic (exact) mass is 287 g/mol. The minimum atomic E-state index is 0.0521. The molecule has 0 radical (unpaired) electrons. The number of nitrogens with one attached hydrogen (secondary N) is 1. The largest absolute Gasteiger partial charge is 0.334 e. The highest BCUT2D eigenvalue weighted by Gasteiger charge is 2.36. The van der Waals surface area contributed by atoms with Crippen molar-refractivity contribution >= 4 is 6.03 Å². The maximum absolute atomic E-state index is 12.4. The third kappa shape index (κ3) is 3.38. The van der Waals surface area contributed by atoms with Crippen LogP contribution in [0.2, 0.25) is 0 Å². The minimum Gasteiger partial charge on any atom is -0.334 e. The van der Waals surface area contributed by atoms with Gasteiger partial charge in [0.25, 0.3) is 0 Å². The second-order valence-electron chi connectivity index (χ2n) is 6.29. The van der Waals surface area contributed by atoms with Crippen molar-refractivity contribution in [2.45, 2.75) is 44.3 Å². The fraction of sp³-hybridized carbons (Fsp3) is 0.588. The van der Waals surface area contributed by atoms with Crippen molar-refractivity contribution in [2.24, 2.45) is 0 Å². The van der Waals surface area contributed by atoms with Gasteiger partial charge in [0, 0.05) is 32.2 Å². The summed E-state index contributed by atoms with van der Waals surface area (Å²) < 4.78 is 0. The van der Waals surface area contributed by atoms with Crippen molar-refractivity contribution < 1.29 is 4.79 Å². The molecule has 2 unspecified atom stereocenters. The van der Waals surface area contributed by atoms with Crippen LogP contribution in [0.5, 0.6) is 0 Å². The highest BCUT2D eigenvalue weighted by molar-refractivity contribution is 5.74. The molecule has 1 aromatic rings. The van der Waals surface area contributed by atoms with Gasteiger partial charge in [0.05, 0.1) is 0 Å². The molecule has 2 aliphatic rings. The second kappa shape index (κ2) is 6.48. The molecule has 114 valence electrons. The van der Waals surface area contributed by atoms with E-state index in [1.807, 2.05) is 25.2 Å². The summed E-state index contributed by atoms with van der Waals surface area (Å²) in [5.41, 5.74) is 1.17. The number of hydrogen-bond donors (Lipinski definition) is 1. The highest BCUT2D eigenvalue weighted by Crippen LogP contribution is 2.27. The second-order valence-corrected chi connectivity index (χ2v) is 6.29. The van der Waals surface area contributed by atoms with Crippen LogP contribution in [0.15, 0.2) is 30.3 Å². The number of rotatable bonds is 3. The van der Waals surface area contributed by atoms with Gasteiger partial charge in [-0.05, 0) is 31.4 Å². The van der Waals surface area contributed by atoms with E-state index in [0.717, 1.165) is 13.0 Å². The van der Waals surface area contributed by atoms with Gasteiger partial charge in [-0.25, -0.2) is 4.79 Å². The van der Waals surface area contributed by atoms with Gasteiger partial charge >= 0.3 is 6.03 Å². The lowest BCUT2D eigenvalue weighted by Crippen LogP contribution is -2.49. The van der Waals surface area contributed by atoms with Gasteiger partial charge in [-0.15, -0.1) is 0 Å². The summed E-state index contributed by atoms with van der Waals surface area (Å²) in [5, 5.41) is 3.24. The molecule has 2 amide bonds. The minimum absolute atomic E-state index is 0.0521. The van der Waals surface area contributed by atoms with Crippen LogP contribution in [0.3, 0.4) is 0 Å². The molecule has 1 aromatic carbocycles. The molecule has 0 aliphatic carbocycles. The Balaban J connectivity index is 1.53. The number of carbonyl (C=O) groups excluding carboxylic acids is 1. The molecule has 0 bridgehead atoms. The van der Waals surface area contributed by atoms with Crippen LogP contribution < -0.4 is 5.32 Å². The summed E-state index contributed by atoms with van der Waals surface area (Å²) in [6.07, 6.45) is 4.93. The zero-order chi connectivity index (χ0) is 14.7. The van der Waals surface area contributed by atoms with E-state index in [2.05, 4.69) is 22.3 Å². The van der Waals surface area contributed by atoms with Crippen molar-refractivity contribution in [3.8, 4) is 0 Å². The summed E-state index contributed by atoms with van der Waals surface area (Å²) in [5.74, 6) is 0. The number of piperidine rings is 1. The van der Waals surface area contributed by atoms with Crippen LogP contribution in [0, 0.1) is 0 Å². The number of benzene rings is 1. The Bertz CT molecular complexity index is 476. The van der Waals surface area contributed by atoms with E-state index < -0.39 is 0 Å². The highest BCUT2D eigenvalue weighted by atomic mass is 16.2. The lowest BCUT2D eigenvalue weighted by molar-refractivity contribution is 0.170. The molecule has 3 rings (SSSR count). The van der Waals surface area contributed by atoms with E-state index in [1.165, 1.54) is 31.4 Å². The standard InChI is InChI=1S/C17H25N3O/c1-19(13-14-7-3-2-4-8-14)17(21)18-15-10-12-20-11-6-5-9-16(15)20/h2-4,7-8,15-16H,5-6,9-13H2,1H3,(H,18,21). The number of carbonyl (C=O) groups is 1. The van der Waals surface area contributed by atoms with Crippen LogP contribution in [-0.4, -0.2) is 48.1 Å². The van der Waals surface area contributed by atoms with E-state index in [0.29, 0.717) is 18.6 Å². The van der Waals surface area contributed by atoms with Crippen molar-refractivity contribution in [1.82, 2.24) is 15.1 Å². The van der Waals surface area contributed by atoms with Crippen molar-refractivity contribution in [1.29, 1.82) is 0 Å². The summed E-state index contributed by atoms with van der Waals surface area (Å²) in [6, 6.07) is 11.1. The van der Waals surface area contributed by atoms with Crippen LogP contribution in [0.1, 0.15) is 31.2 Å². The van der Waals surface area contributed by atoms with Gasteiger partial charge in [-0.1, -0.05) is 36.8 Å². The van der Waals surface area contributed by atoms with Crippen LogP contribution >= 0.6 is 0 Å². The Labute approximate surface area is 127 Å². The zero-order valence-electron chi connectivity index (χ0n) is 12.8. The van der Waals surface area contributed by atoms with E-state index in [1.54, 1.807) is 4.90 Å². The molecule has 21 heavy (non-hydrogen) atoms. The molecular weight excluding hydrogens is 262 g/mol. The van der Waals surface area contributed by atoms with Gasteiger partial charge in [-0.2, -0.15) is 0 Å². The van der Waals surface area contributed by atoms with Gasteiger partial charge in [-0.3, -0.25) is 4.90 Å². The molecule has 2 saturated heterocycles. The van der Waals surface area contributed by atoms with E-state index in [9.17, 15) is 4.79 Å². The quantitative estimate of drug-likeness (QED) is 0.927. The molecule has 2 heterocycles. The summed E-state index contributed by atoms with van der Waals surface area (Å²) >= 11 is 0. The lowest BCUT2D eigenvalue weighted by Gasteiger charge is -2.33. The number of urea groups is 1. The molecule has 0 saturated carbocycles. The summed E-state index contributed by atoms with van der Waals surface area (Å²) in [7, 11) is 1.87. The molecule has 1 N–H and O–H groups in total. The normalized spacial score (nSPS) is 25.4. The third-order valence-electron chi connectivity index (χ3n) is 4.77. The third-order valence-corrected chi connectivity index (χ3v) is 4.77. The van der Waals surface area contributed by atoms with Crippen LogP contribution in [0.25, 0.3) is 0 Å². The molecule has 4 heteroatoms. The first-order valence-electron chi connectivity index (χ1n) is 8.03. The molecule has 0 spiro atoms. The Morgan fingerprint density at radius 3 is 2.86 bits per heavy atom. The van der Waals surface area contributed by atoms with Crippen molar-refractivity contribution in [3.05, 3.63) is 35.9 Å². The Morgan fingerprint density at radius 1 is 1.24 bits per heavy atom. The SMILES string of the molecule is CN(Cc1ccccc1)C(=O)NC1CCN2CCCCC12. The first kappa shape index (κ1) is 14.4. The molecule has 2 atom stereocenters. The predicted octanol–water partition coefficient (Wildman–Crippen LogP) is 2.45. The molecule has 4 nitrogen and oxygen atoms in total. The predicted molar refractivity (Wildman–Crippen MR) is 84.1 cm³/mol. The average molecular weight is 287 g/mol. The van der Waals surface area contributed by atoms with Gasteiger partial charge in [0.1, 0.15) is 0 Å². The fourth-order valence-corrected chi connectivity index (χ4v) is 3.61. The topological polar surface area (TPSA) is 35.6 Å². The average Bonchev–Trinajstić information content (AvgIpc) is 2.91. The lowest BCUT2D eigenvalue weighted by atomic mass is 9.99. The van der Waals surface area contributed by atoms with E-state index >= 15 is 0 Å². The number of amides is 2. The smallest absolute Gasteiger partial charge is 0.317 e. The van der Waals surface area contributed by atoms with E-state index in [4.69, 9.17) is 0 Å². The van der Waals surface area contributed by atoms with Gasteiger partial charge in [0.15, 0.2) is 0 Å². The number of fused-ring (bicyclic) bond motifs is 1. The number of nitrogens with zero attached hydrogens (tertiary/aromatic N) is 2. The van der Waals surface area contributed by atoms with Crippen LogP contribution in [-0.2, 0) is 6.54 Å². The maximum Gasteiger partial charge on any atom is 0.317 e. The molecule has 2 aliphatic heterocycles. The Hall–Kier alpha value is -1.55. The molecular formula is C17H25N3O. The first-order chi connectivity index (χ1) is 10.2. The fourth-order valence-electron chi connectivity index (χ4n) is 3.61.